The van der Waals surface area contributed by atoms with Gasteiger partial charge in [0.1, 0.15) is 0 Å². The highest BCUT2D eigenvalue weighted by Gasteiger charge is 2.57. The Morgan fingerprint density at radius 2 is 1.68 bits per heavy atom. The van der Waals surface area contributed by atoms with E-state index in [0.29, 0.717) is 11.8 Å². The minimum Gasteiger partial charge on any atom is -0.390 e. The Kier molecular flexibility index (Phi) is 5.32. The highest BCUT2D eigenvalue weighted by molar-refractivity contribution is 5.19. The molecule has 2 fully saturated rings. The molecule has 1 N–H and O–H groups in total. The fourth-order valence-corrected chi connectivity index (χ4v) is 5.91. The minimum absolute atomic E-state index is 0.342. The molecular weight excluding hydrogens is 268 g/mol. The molecule has 0 radical (unpaired) electrons. The Balaban J connectivity index is 1.49. The van der Waals surface area contributed by atoms with Gasteiger partial charge in [0.25, 0.3) is 0 Å². The maximum absolute atomic E-state index is 11.4. The first-order valence-electron chi connectivity index (χ1n) is 10.1. The van der Waals surface area contributed by atoms with Gasteiger partial charge in [0.05, 0.1) is 5.60 Å². The van der Waals surface area contributed by atoms with Gasteiger partial charge in [-0.2, -0.15) is 0 Å². The van der Waals surface area contributed by atoms with Crippen LogP contribution in [0, 0.1) is 29.6 Å². The molecule has 0 unspecified atom stereocenters. The van der Waals surface area contributed by atoms with E-state index in [0.717, 1.165) is 30.6 Å². The standard InChI is InChI=1S/C21H36O/c1-3-4-5-6-7-8-9-13-21(22)14-12-16(2)19-17-10-11-18(15-17)20(19)21/h10-11,16-20,22H,3-9,12-15H2,1-2H3/t16-,17+,18-,19+,20-,21+/m1/s1. The topological polar surface area (TPSA) is 20.2 Å². The van der Waals surface area contributed by atoms with Crippen molar-refractivity contribution in [3.05, 3.63) is 12.2 Å². The molecule has 0 aromatic rings. The summed E-state index contributed by atoms with van der Waals surface area (Å²) in [6.07, 6.45) is 19.0. The third kappa shape index (κ3) is 3.16. The Bertz CT molecular complexity index is 387. The summed E-state index contributed by atoms with van der Waals surface area (Å²) in [6.45, 7) is 4.71. The minimum atomic E-state index is -0.342. The largest absolute Gasteiger partial charge is 0.390 e. The highest BCUT2D eigenvalue weighted by atomic mass is 16.3. The van der Waals surface area contributed by atoms with E-state index in [-0.39, 0.29) is 5.60 Å². The fraction of sp³-hybridized carbons (Fsp3) is 0.905. The van der Waals surface area contributed by atoms with Gasteiger partial charge in [-0.3, -0.25) is 0 Å². The summed E-state index contributed by atoms with van der Waals surface area (Å²) in [5, 5.41) is 11.4. The second kappa shape index (κ2) is 7.07. The Morgan fingerprint density at radius 1 is 1.00 bits per heavy atom. The van der Waals surface area contributed by atoms with Crippen LogP contribution in [0.2, 0.25) is 0 Å². The molecule has 0 aromatic carbocycles. The molecule has 0 saturated heterocycles. The van der Waals surface area contributed by atoms with Gasteiger partial charge < -0.3 is 5.11 Å². The van der Waals surface area contributed by atoms with Crippen molar-refractivity contribution in [1.82, 2.24) is 0 Å². The number of fused-ring (bicyclic) bond motifs is 5. The van der Waals surface area contributed by atoms with Gasteiger partial charge in [0, 0.05) is 0 Å². The summed E-state index contributed by atoms with van der Waals surface area (Å²) in [4.78, 5) is 0. The van der Waals surface area contributed by atoms with Crippen LogP contribution >= 0.6 is 0 Å². The molecule has 126 valence electrons. The van der Waals surface area contributed by atoms with Gasteiger partial charge in [0.15, 0.2) is 0 Å². The number of hydrogen-bond acceptors (Lipinski definition) is 1. The fourth-order valence-electron chi connectivity index (χ4n) is 5.91. The first-order valence-corrected chi connectivity index (χ1v) is 10.1. The lowest BCUT2D eigenvalue weighted by Gasteiger charge is -2.49. The second-order valence-electron chi connectivity index (χ2n) is 8.54. The van der Waals surface area contributed by atoms with Crippen molar-refractivity contribution in [2.75, 3.05) is 0 Å². The summed E-state index contributed by atoms with van der Waals surface area (Å²) >= 11 is 0. The van der Waals surface area contributed by atoms with Crippen molar-refractivity contribution in [2.45, 2.75) is 90.1 Å². The molecule has 0 heterocycles. The van der Waals surface area contributed by atoms with E-state index in [2.05, 4.69) is 26.0 Å². The van der Waals surface area contributed by atoms with E-state index in [1.165, 1.54) is 57.8 Å². The lowest BCUT2D eigenvalue weighted by molar-refractivity contribution is -0.101. The normalized spacial score (nSPS) is 42.8. The van der Waals surface area contributed by atoms with Crippen LogP contribution in [0.3, 0.4) is 0 Å². The third-order valence-corrected chi connectivity index (χ3v) is 7.04. The predicted molar refractivity (Wildman–Crippen MR) is 93.7 cm³/mol. The molecule has 3 aliphatic rings. The first-order chi connectivity index (χ1) is 10.7. The lowest BCUT2D eigenvalue weighted by Crippen LogP contribution is -2.49. The molecule has 2 saturated carbocycles. The van der Waals surface area contributed by atoms with Gasteiger partial charge in [-0.05, 0) is 55.3 Å². The number of hydrogen-bond donors (Lipinski definition) is 1. The Labute approximate surface area is 137 Å². The third-order valence-electron chi connectivity index (χ3n) is 7.04. The quantitative estimate of drug-likeness (QED) is 0.449. The highest BCUT2D eigenvalue weighted by Crippen LogP contribution is 2.60. The van der Waals surface area contributed by atoms with E-state index in [1.807, 2.05) is 0 Å². The number of rotatable bonds is 8. The molecular formula is C21H36O. The van der Waals surface area contributed by atoms with E-state index in [4.69, 9.17) is 0 Å². The number of allylic oxidation sites excluding steroid dienone is 2. The molecule has 3 rings (SSSR count). The summed E-state index contributed by atoms with van der Waals surface area (Å²) in [7, 11) is 0. The Hall–Kier alpha value is -0.300. The van der Waals surface area contributed by atoms with E-state index in [9.17, 15) is 5.11 Å². The molecule has 0 aromatic heterocycles. The molecule has 0 spiro atoms. The van der Waals surface area contributed by atoms with Crippen molar-refractivity contribution < 1.29 is 5.11 Å². The number of unbranched alkanes of at least 4 members (excludes halogenated alkanes) is 6. The van der Waals surface area contributed by atoms with Crippen molar-refractivity contribution in [3.63, 3.8) is 0 Å². The summed E-state index contributed by atoms with van der Waals surface area (Å²) in [5.41, 5.74) is -0.342. The maximum Gasteiger partial charge on any atom is 0.0684 e. The van der Waals surface area contributed by atoms with Crippen LogP contribution < -0.4 is 0 Å². The van der Waals surface area contributed by atoms with Crippen molar-refractivity contribution in [1.29, 1.82) is 0 Å². The van der Waals surface area contributed by atoms with Crippen LogP contribution in [0.1, 0.15) is 84.5 Å². The molecule has 1 heteroatoms. The SMILES string of the molecule is CCCCCCCCC[C@]1(O)CC[C@@H](C)[C@@H]2[C@H]1[C@@H]1C=C[C@H]2C1. The summed E-state index contributed by atoms with van der Waals surface area (Å²) in [5.74, 6) is 3.64. The van der Waals surface area contributed by atoms with Crippen LogP contribution in [0.5, 0.6) is 0 Å². The van der Waals surface area contributed by atoms with E-state index in [1.54, 1.807) is 0 Å². The van der Waals surface area contributed by atoms with Crippen molar-refractivity contribution >= 4 is 0 Å². The number of aliphatic hydroxyl groups is 1. The van der Waals surface area contributed by atoms with Crippen molar-refractivity contribution in [3.8, 4) is 0 Å². The van der Waals surface area contributed by atoms with Gasteiger partial charge in [-0.15, -0.1) is 0 Å². The smallest absolute Gasteiger partial charge is 0.0684 e. The van der Waals surface area contributed by atoms with E-state index >= 15 is 0 Å². The monoisotopic (exact) mass is 304 g/mol. The first kappa shape index (κ1) is 16.6. The maximum atomic E-state index is 11.4. The van der Waals surface area contributed by atoms with Crippen LogP contribution in [0.25, 0.3) is 0 Å². The molecule has 1 nitrogen and oxygen atoms in total. The van der Waals surface area contributed by atoms with Gasteiger partial charge in [-0.25, -0.2) is 0 Å². The zero-order valence-corrected chi connectivity index (χ0v) is 14.8. The Morgan fingerprint density at radius 3 is 2.45 bits per heavy atom. The zero-order chi connectivity index (χ0) is 15.6. The van der Waals surface area contributed by atoms with Gasteiger partial charge in [0.2, 0.25) is 0 Å². The van der Waals surface area contributed by atoms with Gasteiger partial charge in [-0.1, -0.05) is 70.9 Å². The average Bonchev–Trinajstić information content (AvgIpc) is 3.12. The second-order valence-corrected chi connectivity index (χ2v) is 8.54. The van der Waals surface area contributed by atoms with Crippen LogP contribution in [0.4, 0.5) is 0 Å². The van der Waals surface area contributed by atoms with Crippen LogP contribution in [0.15, 0.2) is 12.2 Å². The van der Waals surface area contributed by atoms with Crippen molar-refractivity contribution in [2.24, 2.45) is 29.6 Å². The predicted octanol–water partition coefficient (Wildman–Crippen LogP) is 5.73. The summed E-state index contributed by atoms with van der Waals surface area (Å²) < 4.78 is 0. The van der Waals surface area contributed by atoms with Crippen LogP contribution in [-0.2, 0) is 0 Å². The zero-order valence-electron chi connectivity index (χ0n) is 14.8. The van der Waals surface area contributed by atoms with Gasteiger partial charge >= 0.3 is 0 Å². The van der Waals surface area contributed by atoms with E-state index < -0.39 is 0 Å². The molecule has 0 amide bonds. The molecule has 22 heavy (non-hydrogen) atoms. The average molecular weight is 305 g/mol. The van der Waals surface area contributed by atoms with Crippen LogP contribution in [-0.4, -0.2) is 10.7 Å². The molecule has 2 bridgehead atoms. The molecule has 0 aliphatic heterocycles. The lowest BCUT2D eigenvalue weighted by atomic mass is 9.59. The summed E-state index contributed by atoms with van der Waals surface area (Å²) in [6, 6.07) is 0. The molecule has 6 atom stereocenters. The molecule has 3 aliphatic carbocycles.